The monoisotopic (exact) mass is 516 g/mol. The van der Waals surface area contributed by atoms with Crippen molar-refractivity contribution in [3.63, 3.8) is 0 Å². The zero-order valence-electron chi connectivity index (χ0n) is 15.7. The van der Waals surface area contributed by atoms with Gasteiger partial charge in [0.25, 0.3) is 0 Å². The fraction of sp³-hybridized carbons (Fsp3) is 0.333. The molecule has 186 valence electrons. The zero-order chi connectivity index (χ0) is 25.8. The Hall–Kier alpha value is -2.94. The number of halogens is 14. The minimum absolute atomic E-state index is 0.603. The van der Waals surface area contributed by atoms with Crippen molar-refractivity contribution in [1.29, 1.82) is 0 Å². The molecule has 0 saturated heterocycles. The van der Waals surface area contributed by atoms with Gasteiger partial charge in [-0.05, 0) is 0 Å². The van der Waals surface area contributed by atoms with Gasteiger partial charge in [0, 0.05) is 13.1 Å². The van der Waals surface area contributed by atoms with Gasteiger partial charge >= 0.3 is 23.7 Å². The van der Waals surface area contributed by atoms with Gasteiger partial charge in [-0.15, -0.1) is 0 Å². The summed E-state index contributed by atoms with van der Waals surface area (Å²) in [5, 5.41) is 3.50. The number of anilines is 2. The van der Waals surface area contributed by atoms with E-state index in [4.69, 9.17) is 0 Å². The third-order valence-electron chi connectivity index (χ3n) is 5.42. The molecule has 0 radical (unpaired) electrons. The van der Waals surface area contributed by atoms with E-state index in [1.807, 2.05) is 0 Å². The molecule has 5 aliphatic rings. The van der Waals surface area contributed by atoms with Crippen molar-refractivity contribution in [2.75, 3.05) is 23.7 Å². The second-order valence-electron chi connectivity index (χ2n) is 7.29. The molecule has 7 rings (SSSR count). The molecular formula is C18H6F14N2. The van der Waals surface area contributed by atoms with Crippen molar-refractivity contribution < 1.29 is 61.5 Å². The predicted octanol–water partition coefficient (Wildman–Crippen LogP) is 6.44. The summed E-state index contributed by atoms with van der Waals surface area (Å²) in [7, 11) is 0. The quantitative estimate of drug-likeness (QED) is 0.311. The molecule has 4 aliphatic carbocycles. The highest BCUT2D eigenvalue weighted by molar-refractivity contribution is 5.80. The first-order valence-electron chi connectivity index (χ1n) is 8.85. The Bertz CT molecular complexity index is 1110. The largest absolute Gasteiger partial charge is 0.381 e. The summed E-state index contributed by atoms with van der Waals surface area (Å²) in [6, 6.07) is 0. The van der Waals surface area contributed by atoms with Crippen LogP contribution in [-0.4, -0.2) is 13.1 Å². The van der Waals surface area contributed by atoms with Crippen LogP contribution in [0.2, 0.25) is 0 Å². The maximum Gasteiger partial charge on any atom is 0.345 e. The molecule has 0 amide bonds. The van der Waals surface area contributed by atoms with E-state index in [1.54, 1.807) is 10.6 Å². The van der Waals surface area contributed by atoms with Crippen molar-refractivity contribution in [3.8, 4) is 0 Å². The average molecular weight is 516 g/mol. The van der Waals surface area contributed by atoms with E-state index in [0.717, 1.165) is 0 Å². The third-order valence-corrected chi connectivity index (χ3v) is 5.42. The van der Waals surface area contributed by atoms with E-state index in [0.29, 0.717) is 0 Å². The molecule has 4 bridgehead atoms. The molecule has 0 fully saturated rings. The minimum Gasteiger partial charge on any atom is -0.381 e. The van der Waals surface area contributed by atoms with E-state index < -0.39 is 105 Å². The van der Waals surface area contributed by atoms with Gasteiger partial charge in [0.2, 0.25) is 0 Å². The van der Waals surface area contributed by atoms with Crippen LogP contribution in [0.4, 0.5) is 72.8 Å². The molecule has 2 nitrogen and oxygen atoms in total. The van der Waals surface area contributed by atoms with Crippen LogP contribution in [0.25, 0.3) is 0 Å². The van der Waals surface area contributed by atoms with Gasteiger partial charge in [0.1, 0.15) is 11.1 Å². The first-order chi connectivity index (χ1) is 15.4. The van der Waals surface area contributed by atoms with Crippen LogP contribution in [0.3, 0.4) is 0 Å². The molecule has 2 N–H and O–H groups in total. The van der Waals surface area contributed by atoms with Gasteiger partial charge < -0.3 is 10.6 Å². The smallest absolute Gasteiger partial charge is 0.345 e. The molecule has 0 unspecified atom stereocenters. The topological polar surface area (TPSA) is 24.1 Å². The predicted molar refractivity (Wildman–Crippen MR) is 85.2 cm³/mol. The fourth-order valence-corrected chi connectivity index (χ4v) is 3.82. The lowest BCUT2D eigenvalue weighted by Crippen LogP contribution is -2.45. The first kappa shape index (κ1) is 24.2. The van der Waals surface area contributed by atoms with Gasteiger partial charge in [0.05, 0.1) is 22.5 Å². The lowest BCUT2D eigenvalue weighted by atomic mass is 9.84. The summed E-state index contributed by atoms with van der Waals surface area (Å²) in [5.74, 6) is -46.1. The maximum absolute atomic E-state index is 14.9. The molecule has 0 aromatic heterocycles. The second kappa shape index (κ2) is 6.81. The van der Waals surface area contributed by atoms with Gasteiger partial charge in [-0.1, -0.05) is 0 Å². The van der Waals surface area contributed by atoms with Crippen LogP contribution in [0.5, 0.6) is 0 Å². The van der Waals surface area contributed by atoms with Crippen LogP contribution >= 0.6 is 0 Å². The Morgan fingerprint density at radius 1 is 0.382 bits per heavy atom. The number of hydrogen-bond acceptors (Lipinski definition) is 2. The van der Waals surface area contributed by atoms with Gasteiger partial charge in [-0.2, -0.15) is 35.1 Å². The van der Waals surface area contributed by atoms with Crippen LogP contribution in [-0.2, 0) is 23.7 Å². The van der Waals surface area contributed by atoms with Crippen LogP contribution in [0, 0.1) is 34.9 Å². The summed E-state index contributed by atoms with van der Waals surface area (Å²) in [6.45, 7) is -1.21. The SMILES string of the molecule is Fc1c(F)c2c(F)c(F)c1C(F)(F)C(F)(F)c1c(F)c(F)c(c3c1NCCN3)C(F)(F)C2(F)F. The molecule has 1 aliphatic heterocycles. The highest BCUT2D eigenvalue weighted by Crippen LogP contribution is 2.61. The molecule has 2 aromatic rings. The summed E-state index contributed by atoms with van der Waals surface area (Å²) < 4.78 is 205. The number of hydrogen-bond donors (Lipinski definition) is 2. The minimum atomic E-state index is -6.46. The normalized spacial score (nSPS) is 21.2. The molecular weight excluding hydrogens is 510 g/mol. The van der Waals surface area contributed by atoms with Gasteiger partial charge in [-0.3, -0.25) is 0 Å². The highest BCUT2D eigenvalue weighted by atomic mass is 19.3. The van der Waals surface area contributed by atoms with Crippen LogP contribution < -0.4 is 10.6 Å². The molecule has 2 aromatic carbocycles. The van der Waals surface area contributed by atoms with E-state index in [2.05, 4.69) is 0 Å². The Balaban J connectivity index is 2.35. The summed E-state index contributed by atoms with van der Waals surface area (Å²) in [4.78, 5) is 0. The lowest BCUT2D eigenvalue weighted by molar-refractivity contribution is -0.233. The van der Waals surface area contributed by atoms with Crippen molar-refractivity contribution in [3.05, 3.63) is 57.2 Å². The summed E-state index contributed by atoms with van der Waals surface area (Å²) in [5.41, 5.74) is -16.1. The van der Waals surface area contributed by atoms with Crippen molar-refractivity contribution >= 4 is 11.4 Å². The molecule has 34 heavy (non-hydrogen) atoms. The Morgan fingerprint density at radius 3 is 0.853 bits per heavy atom. The fourth-order valence-electron chi connectivity index (χ4n) is 3.82. The highest BCUT2D eigenvalue weighted by Gasteiger charge is 2.69. The third kappa shape index (κ3) is 2.59. The zero-order valence-corrected chi connectivity index (χ0v) is 15.7. The Morgan fingerprint density at radius 2 is 0.588 bits per heavy atom. The van der Waals surface area contributed by atoms with Gasteiger partial charge in [0.15, 0.2) is 34.9 Å². The summed E-state index contributed by atoms with van der Waals surface area (Å²) >= 11 is 0. The number of benzene rings is 2. The van der Waals surface area contributed by atoms with Crippen LogP contribution in [0.1, 0.15) is 22.3 Å². The summed E-state index contributed by atoms with van der Waals surface area (Å²) in [6.07, 6.45) is 0. The van der Waals surface area contributed by atoms with E-state index in [-0.39, 0.29) is 0 Å². The number of rotatable bonds is 0. The molecule has 0 spiro atoms. The molecule has 16 heteroatoms. The number of nitrogens with one attached hydrogen (secondary N) is 2. The van der Waals surface area contributed by atoms with E-state index in [1.165, 1.54) is 0 Å². The van der Waals surface area contributed by atoms with Gasteiger partial charge in [-0.25, -0.2) is 26.3 Å². The second-order valence-corrected chi connectivity index (χ2v) is 7.29. The average Bonchev–Trinajstić information content (AvgIpc) is 2.72. The van der Waals surface area contributed by atoms with Crippen molar-refractivity contribution in [2.45, 2.75) is 23.7 Å². The van der Waals surface area contributed by atoms with Crippen molar-refractivity contribution in [1.82, 2.24) is 0 Å². The number of alkyl halides is 8. The standard InChI is InChI=1S/C18H6F14N2/c19-7-3-8(20)10(22)4(9(7)21)16(27,28)18(31,32)6-12(24)11(23)5(17(29,30)15(3,25)26)13-14(6)34-2-1-33-13/h33-34H,1-2H2. The first-order valence-corrected chi connectivity index (χ1v) is 8.85. The van der Waals surface area contributed by atoms with E-state index in [9.17, 15) is 61.5 Å². The van der Waals surface area contributed by atoms with Crippen LogP contribution in [0.15, 0.2) is 0 Å². The molecule has 1 heterocycles. The molecule has 0 saturated carbocycles. The Labute approximate surface area is 178 Å². The lowest BCUT2D eigenvalue weighted by Gasteiger charge is -2.37. The Kier molecular flexibility index (Phi) is 4.84. The molecule has 0 atom stereocenters. The van der Waals surface area contributed by atoms with E-state index >= 15 is 0 Å². The maximum atomic E-state index is 14.9. The van der Waals surface area contributed by atoms with Crippen molar-refractivity contribution in [2.24, 2.45) is 0 Å².